The van der Waals surface area contributed by atoms with Gasteiger partial charge in [-0.15, -0.1) is 0 Å². The third-order valence-corrected chi connectivity index (χ3v) is 6.41. The lowest BCUT2D eigenvalue weighted by molar-refractivity contribution is 0.0600. The summed E-state index contributed by atoms with van der Waals surface area (Å²) in [7, 11) is 1.37. The van der Waals surface area contributed by atoms with E-state index in [0.29, 0.717) is 16.4 Å². The molecule has 1 fully saturated rings. The van der Waals surface area contributed by atoms with Crippen LogP contribution in [0.2, 0.25) is 0 Å². The van der Waals surface area contributed by atoms with Crippen molar-refractivity contribution in [3.8, 4) is 11.3 Å². The Labute approximate surface area is 209 Å². The molecule has 2 aromatic heterocycles. The first-order valence-electron chi connectivity index (χ1n) is 11.3. The van der Waals surface area contributed by atoms with Gasteiger partial charge in [0.05, 0.1) is 24.4 Å². The number of carbonyl (C=O) groups is 1. The molecule has 0 unspecified atom stereocenters. The fraction of sp³-hybridized carbons (Fsp3) is 0.179. The van der Waals surface area contributed by atoms with Crippen molar-refractivity contribution in [2.45, 2.75) is 25.9 Å². The molecular weight excluding hydrogens is 458 g/mol. The molecule has 2 aromatic carbocycles. The molecule has 2 atom stereocenters. The van der Waals surface area contributed by atoms with Crippen LogP contribution in [0.15, 0.2) is 83.4 Å². The van der Waals surface area contributed by atoms with Crippen molar-refractivity contribution >= 4 is 29.0 Å². The van der Waals surface area contributed by atoms with Crippen molar-refractivity contribution < 1.29 is 13.9 Å². The Morgan fingerprint density at radius 1 is 1.03 bits per heavy atom. The SMILES string of the molecule is COC(=O)c1ccc(-c2ccc([C@@H]3[C@@H](c4ccccn4)NC(=S)N3c3cc(C)cc(C)c3)o2)cc1. The number of esters is 1. The maximum atomic E-state index is 11.8. The minimum absolute atomic E-state index is 0.190. The number of carbonyl (C=O) groups excluding carboxylic acids is 1. The molecule has 1 saturated heterocycles. The number of benzene rings is 2. The molecule has 0 saturated carbocycles. The van der Waals surface area contributed by atoms with E-state index in [0.717, 1.165) is 33.8 Å². The summed E-state index contributed by atoms with van der Waals surface area (Å²) < 4.78 is 11.2. The van der Waals surface area contributed by atoms with E-state index in [-0.39, 0.29) is 18.1 Å². The molecule has 3 heterocycles. The quantitative estimate of drug-likeness (QED) is 0.279. The molecule has 1 aliphatic rings. The van der Waals surface area contributed by atoms with Crippen molar-refractivity contribution in [1.82, 2.24) is 10.3 Å². The Bertz CT molecular complexity index is 1360. The molecule has 0 bridgehead atoms. The van der Waals surface area contributed by atoms with Crippen LogP contribution >= 0.6 is 12.2 Å². The van der Waals surface area contributed by atoms with E-state index in [1.807, 2.05) is 42.5 Å². The average molecular weight is 484 g/mol. The minimum atomic E-state index is -0.371. The fourth-order valence-corrected chi connectivity index (χ4v) is 4.91. The van der Waals surface area contributed by atoms with Crippen LogP contribution in [0.3, 0.4) is 0 Å². The van der Waals surface area contributed by atoms with Gasteiger partial charge in [0.25, 0.3) is 0 Å². The van der Waals surface area contributed by atoms with E-state index in [1.165, 1.54) is 7.11 Å². The van der Waals surface area contributed by atoms with E-state index >= 15 is 0 Å². The number of nitrogens with zero attached hydrogens (tertiary/aromatic N) is 2. The van der Waals surface area contributed by atoms with Crippen LogP contribution in [0.5, 0.6) is 0 Å². The molecule has 0 radical (unpaired) electrons. The number of furan rings is 1. The van der Waals surface area contributed by atoms with Crippen LogP contribution in [0, 0.1) is 13.8 Å². The first kappa shape index (κ1) is 22.8. The van der Waals surface area contributed by atoms with E-state index < -0.39 is 0 Å². The van der Waals surface area contributed by atoms with Crippen LogP contribution in [-0.2, 0) is 4.74 Å². The van der Waals surface area contributed by atoms with Gasteiger partial charge in [-0.25, -0.2) is 4.79 Å². The zero-order valence-electron chi connectivity index (χ0n) is 19.7. The molecule has 0 aliphatic carbocycles. The van der Waals surface area contributed by atoms with Gasteiger partial charge in [0.2, 0.25) is 0 Å². The van der Waals surface area contributed by atoms with Gasteiger partial charge in [0.1, 0.15) is 17.6 Å². The highest BCUT2D eigenvalue weighted by Crippen LogP contribution is 2.43. The Morgan fingerprint density at radius 2 is 1.77 bits per heavy atom. The van der Waals surface area contributed by atoms with Crippen molar-refractivity contribution in [1.29, 1.82) is 0 Å². The van der Waals surface area contributed by atoms with E-state index in [1.54, 1.807) is 18.3 Å². The van der Waals surface area contributed by atoms with Crippen molar-refractivity contribution in [3.63, 3.8) is 0 Å². The van der Waals surface area contributed by atoms with Gasteiger partial charge in [-0.2, -0.15) is 0 Å². The second kappa shape index (κ2) is 9.35. The van der Waals surface area contributed by atoms with E-state index in [2.05, 4.69) is 47.2 Å². The van der Waals surface area contributed by atoms with Gasteiger partial charge in [-0.3, -0.25) is 4.98 Å². The molecule has 4 aromatic rings. The highest BCUT2D eigenvalue weighted by molar-refractivity contribution is 7.80. The number of ether oxygens (including phenoxy) is 1. The number of thiocarbonyl (C=S) groups is 1. The monoisotopic (exact) mass is 483 g/mol. The van der Waals surface area contributed by atoms with Crippen molar-refractivity contribution in [3.05, 3.63) is 107 Å². The summed E-state index contributed by atoms with van der Waals surface area (Å²) in [5.74, 6) is 1.10. The number of methoxy groups -OCH3 is 1. The maximum Gasteiger partial charge on any atom is 0.337 e. The number of nitrogens with one attached hydrogen (secondary N) is 1. The molecule has 1 N–H and O–H groups in total. The third-order valence-electron chi connectivity index (χ3n) is 6.09. The number of aryl methyl sites for hydroxylation is 2. The number of hydrogen-bond donors (Lipinski definition) is 1. The third kappa shape index (κ3) is 4.42. The predicted molar refractivity (Wildman–Crippen MR) is 139 cm³/mol. The van der Waals surface area contributed by atoms with E-state index in [4.69, 9.17) is 21.4 Å². The topological polar surface area (TPSA) is 67.6 Å². The standard InChI is InChI=1S/C28H25N3O3S/c1-17-14-18(2)16-21(15-17)31-26(25(30-28(31)35)22-6-4-5-13-29-22)24-12-11-23(34-24)19-7-9-20(10-8-19)27(32)33-3/h4-16,25-26H,1-3H3,(H,30,35)/t25-,26-/m1/s1. The normalized spacial score (nSPS) is 17.3. The average Bonchev–Trinajstić information content (AvgIpc) is 3.48. The molecule has 5 rings (SSSR count). The van der Waals surface area contributed by atoms with Gasteiger partial charge in [-0.05, 0) is 85.7 Å². The smallest absolute Gasteiger partial charge is 0.337 e. The molecule has 7 heteroatoms. The first-order valence-corrected chi connectivity index (χ1v) is 11.7. The lowest BCUT2D eigenvalue weighted by atomic mass is 10.0. The summed E-state index contributed by atoms with van der Waals surface area (Å²) in [5.41, 5.74) is 5.56. The molecular formula is C28H25N3O3S. The molecule has 0 amide bonds. The summed E-state index contributed by atoms with van der Waals surface area (Å²) in [6.45, 7) is 4.16. The molecule has 0 spiro atoms. The summed E-state index contributed by atoms with van der Waals surface area (Å²) in [6.07, 6.45) is 1.78. The predicted octanol–water partition coefficient (Wildman–Crippen LogP) is 5.92. The Balaban J connectivity index is 1.56. The van der Waals surface area contributed by atoms with Gasteiger partial charge >= 0.3 is 5.97 Å². The number of aromatic nitrogens is 1. The highest BCUT2D eigenvalue weighted by Gasteiger charge is 2.42. The van der Waals surface area contributed by atoms with Crippen LogP contribution in [0.4, 0.5) is 5.69 Å². The summed E-state index contributed by atoms with van der Waals surface area (Å²) in [4.78, 5) is 18.5. The van der Waals surface area contributed by atoms with E-state index in [9.17, 15) is 4.79 Å². The summed E-state index contributed by atoms with van der Waals surface area (Å²) >= 11 is 5.82. The Kier molecular flexibility index (Phi) is 6.09. The van der Waals surface area contributed by atoms with Gasteiger partial charge in [0.15, 0.2) is 5.11 Å². The van der Waals surface area contributed by atoms with Crippen molar-refractivity contribution in [2.75, 3.05) is 12.0 Å². The molecule has 176 valence electrons. The lowest BCUT2D eigenvalue weighted by Crippen LogP contribution is -2.29. The number of pyridine rings is 1. The Hall–Kier alpha value is -3.97. The Morgan fingerprint density at radius 3 is 2.43 bits per heavy atom. The fourth-order valence-electron chi connectivity index (χ4n) is 4.57. The van der Waals surface area contributed by atoms with Gasteiger partial charge < -0.3 is 19.4 Å². The van der Waals surface area contributed by atoms with Crippen LogP contribution in [0.1, 0.15) is 45.0 Å². The summed E-state index contributed by atoms with van der Waals surface area (Å²) in [5, 5.41) is 4.09. The van der Waals surface area contributed by atoms with Gasteiger partial charge in [-0.1, -0.05) is 24.3 Å². The molecule has 35 heavy (non-hydrogen) atoms. The first-order chi connectivity index (χ1) is 16.9. The summed E-state index contributed by atoms with van der Waals surface area (Å²) in [6, 6.07) is 22.9. The van der Waals surface area contributed by atoms with Crippen LogP contribution in [0.25, 0.3) is 11.3 Å². The van der Waals surface area contributed by atoms with Crippen LogP contribution < -0.4 is 10.2 Å². The number of anilines is 1. The second-order valence-corrected chi connectivity index (χ2v) is 9.00. The zero-order valence-corrected chi connectivity index (χ0v) is 20.5. The maximum absolute atomic E-state index is 11.8. The minimum Gasteiger partial charge on any atom is -0.465 e. The largest absolute Gasteiger partial charge is 0.465 e. The molecule has 6 nitrogen and oxygen atoms in total. The number of rotatable bonds is 5. The zero-order chi connectivity index (χ0) is 24.5. The second-order valence-electron chi connectivity index (χ2n) is 8.61. The van der Waals surface area contributed by atoms with Gasteiger partial charge in [0, 0.05) is 17.4 Å². The highest BCUT2D eigenvalue weighted by atomic mass is 32.1. The molecule has 1 aliphatic heterocycles. The number of hydrogen-bond acceptors (Lipinski definition) is 5. The van der Waals surface area contributed by atoms with Crippen molar-refractivity contribution in [2.24, 2.45) is 0 Å². The lowest BCUT2D eigenvalue weighted by Gasteiger charge is -2.26. The van der Waals surface area contributed by atoms with Crippen LogP contribution in [-0.4, -0.2) is 23.2 Å².